The number of rotatable bonds is 8. The highest BCUT2D eigenvalue weighted by atomic mass is 32.2. The Bertz CT molecular complexity index is 539. The zero-order valence-electron chi connectivity index (χ0n) is 12.2. The molecule has 1 fully saturated rings. The van der Waals surface area contributed by atoms with E-state index in [1.807, 2.05) is 20.0 Å². The largest absolute Gasteiger partial charge is 0.313 e. The van der Waals surface area contributed by atoms with Gasteiger partial charge in [0, 0.05) is 12.6 Å². The molecule has 1 aliphatic rings. The fraction of sp³-hybridized carbons (Fsp3) is 0.600. The average Bonchev–Trinajstić information content (AvgIpc) is 3.27. The second-order valence-corrected chi connectivity index (χ2v) is 7.33. The first-order chi connectivity index (χ1) is 9.53. The van der Waals surface area contributed by atoms with Crippen LogP contribution in [0.25, 0.3) is 0 Å². The van der Waals surface area contributed by atoms with Crippen LogP contribution in [-0.4, -0.2) is 22.0 Å². The summed E-state index contributed by atoms with van der Waals surface area (Å²) in [5.41, 5.74) is 0.980. The lowest BCUT2D eigenvalue weighted by molar-refractivity contribution is 0.572. The van der Waals surface area contributed by atoms with Gasteiger partial charge in [-0.2, -0.15) is 0 Å². The maximum absolute atomic E-state index is 12.2. The van der Waals surface area contributed by atoms with Crippen molar-refractivity contribution in [3.8, 4) is 0 Å². The molecule has 0 heterocycles. The summed E-state index contributed by atoms with van der Waals surface area (Å²) in [5.74, 6) is 0.847. The minimum absolute atomic E-state index is 0.139. The maximum Gasteiger partial charge on any atom is 0.240 e. The summed E-state index contributed by atoms with van der Waals surface area (Å²) in [6.45, 7) is 2.54. The Balaban J connectivity index is 1.96. The van der Waals surface area contributed by atoms with Crippen molar-refractivity contribution in [2.24, 2.45) is 5.92 Å². The molecule has 0 saturated heterocycles. The third-order valence-electron chi connectivity index (χ3n) is 3.88. The average molecular weight is 296 g/mol. The number of sulfonamides is 1. The van der Waals surface area contributed by atoms with Crippen molar-refractivity contribution in [1.29, 1.82) is 0 Å². The van der Waals surface area contributed by atoms with Crippen molar-refractivity contribution in [3.63, 3.8) is 0 Å². The molecule has 5 heteroatoms. The highest BCUT2D eigenvalue weighted by molar-refractivity contribution is 7.89. The van der Waals surface area contributed by atoms with Gasteiger partial charge in [-0.05, 0) is 50.4 Å². The summed E-state index contributed by atoms with van der Waals surface area (Å²) in [4.78, 5) is 0.350. The fourth-order valence-corrected chi connectivity index (χ4v) is 3.33. The molecule has 1 aromatic rings. The predicted octanol–water partition coefficient (Wildman–Crippen LogP) is 2.44. The van der Waals surface area contributed by atoms with Crippen LogP contribution in [0.3, 0.4) is 0 Å². The number of hydrogen-bond acceptors (Lipinski definition) is 3. The molecule has 1 aromatic carbocycles. The monoisotopic (exact) mass is 296 g/mol. The van der Waals surface area contributed by atoms with E-state index in [0.29, 0.717) is 11.4 Å². The van der Waals surface area contributed by atoms with Crippen LogP contribution in [0.1, 0.15) is 44.2 Å². The van der Waals surface area contributed by atoms with Crippen molar-refractivity contribution >= 4 is 10.0 Å². The normalized spacial score (nSPS) is 17.1. The summed E-state index contributed by atoms with van der Waals surface area (Å²) < 4.78 is 27.1. The summed E-state index contributed by atoms with van der Waals surface area (Å²) in [7, 11) is -1.52. The molecule has 0 radical (unpaired) electrons. The number of benzene rings is 1. The van der Waals surface area contributed by atoms with E-state index < -0.39 is 10.0 Å². The van der Waals surface area contributed by atoms with Crippen LogP contribution in [0, 0.1) is 5.92 Å². The molecule has 0 bridgehead atoms. The maximum atomic E-state index is 12.2. The first-order valence-corrected chi connectivity index (χ1v) is 8.78. The van der Waals surface area contributed by atoms with Crippen molar-refractivity contribution in [1.82, 2.24) is 10.0 Å². The molecule has 112 valence electrons. The lowest BCUT2D eigenvalue weighted by atomic mass is 10.1. The van der Waals surface area contributed by atoms with E-state index in [1.54, 1.807) is 18.2 Å². The van der Waals surface area contributed by atoms with E-state index in [2.05, 4.69) is 10.0 Å². The molecule has 20 heavy (non-hydrogen) atoms. The molecule has 1 unspecified atom stereocenters. The Morgan fingerprint density at radius 2 is 2.10 bits per heavy atom. The molecule has 4 nitrogen and oxygen atoms in total. The van der Waals surface area contributed by atoms with Crippen LogP contribution >= 0.6 is 0 Å². The molecule has 1 saturated carbocycles. The van der Waals surface area contributed by atoms with E-state index in [1.165, 1.54) is 12.8 Å². The third kappa shape index (κ3) is 4.30. The highest BCUT2D eigenvalue weighted by Crippen LogP contribution is 2.33. The van der Waals surface area contributed by atoms with Gasteiger partial charge in [0.2, 0.25) is 10.0 Å². The standard InChI is InChI=1S/C15H24N2O2S/c1-12(16-2)14-6-3-7-15(11-14)20(18,19)17-10-4-5-13-8-9-13/h3,6-7,11-13,16-17H,4-5,8-10H2,1-2H3. The smallest absolute Gasteiger partial charge is 0.240 e. The van der Waals surface area contributed by atoms with E-state index >= 15 is 0 Å². The Morgan fingerprint density at radius 1 is 1.35 bits per heavy atom. The molecule has 0 aromatic heterocycles. The van der Waals surface area contributed by atoms with Gasteiger partial charge in [0.25, 0.3) is 0 Å². The van der Waals surface area contributed by atoms with Crippen LogP contribution in [0.15, 0.2) is 29.2 Å². The number of hydrogen-bond donors (Lipinski definition) is 2. The predicted molar refractivity (Wildman–Crippen MR) is 81.1 cm³/mol. The van der Waals surface area contributed by atoms with Gasteiger partial charge >= 0.3 is 0 Å². The molecular weight excluding hydrogens is 272 g/mol. The quantitative estimate of drug-likeness (QED) is 0.724. The molecule has 1 aliphatic carbocycles. The third-order valence-corrected chi connectivity index (χ3v) is 5.34. The van der Waals surface area contributed by atoms with Crippen molar-refractivity contribution in [3.05, 3.63) is 29.8 Å². The topological polar surface area (TPSA) is 58.2 Å². The molecule has 0 spiro atoms. The molecule has 1 atom stereocenters. The van der Waals surface area contributed by atoms with Gasteiger partial charge in [-0.3, -0.25) is 0 Å². The van der Waals surface area contributed by atoms with E-state index in [0.717, 1.165) is 24.3 Å². The van der Waals surface area contributed by atoms with Crippen molar-refractivity contribution in [2.45, 2.75) is 43.5 Å². The Morgan fingerprint density at radius 3 is 2.75 bits per heavy atom. The summed E-state index contributed by atoms with van der Waals surface area (Å²) >= 11 is 0. The summed E-state index contributed by atoms with van der Waals surface area (Å²) in [6, 6.07) is 7.26. The second-order valence-electron chi connectivity index (χ2n) is 5.57. The van der Waals surface area contributed by atoms with Crippen LogP contribution < -0.4 is 10.0 Å². The van der Waals surface area contributed by atoms with Gasteiger partial charge in [0.1, 0.15) is 0 Å². The fourth-order valence-electron chi connectivity index (χ4n) is 2.20. The van der Waals surface area contributed by atoms with Gasteiger partial charge in [-0.15, -0.1) is 0 Å². The zero-order chi connectivity index (χ0) is 14.6. The second kappa shape index (κ2) is 6.70. The SMILES string of the molecule is CNC(C)c1cccc(S(=O)(=O)NCCCC2CC2)c1. The number of nitrogens with one attached hydrogen (secondary N) is 2. The summed E-state index contributed by atoms with van der Waals surface area (Å²) in [6.07, 6.45) is 4.70. The van der Waals surface area contributed by atoms with E-state index in [-0.39, 0.29) is 6.04 Å². The van der Waals surface area contributed by atoms with Gasteiger partial charge in [-0.25, -0.2) is 13.1 Å². The minimum Gasteiger partial charge on any atom is -0.313 e. The van der Waals surface area contributed by atoms with E-state index in [9.17, 15) is 8.42 Å². The lowest BCUT2D eigenvalue weighted by Crippen LogP contribution is -2.25. The first kappa shape index (κ1) is 15.5. The lowest BCUT2D eigenvalue weighted by Gasteiger charge is -2.12. The minimum atomic E-state index is -3.38. The Hall–Kier alpha value is -0.910. The summed E-state index contributed by atoms with van der Waals surface area (Å²) in [5, 5.41) is 3.12. The Kier molecular flexibility index (Phi) is 5.18. The molecular formula is C15H24N2O2S. The van der Waals surface area contributed by atoms with Crippen LogP contribution in [0.5, 0.6) is 0 Å². The van der Waals surface area contributed by atoms with Crippen molar-refractivity contribution < 1.29 is 8.42 Å². The molecule has 0 amide bonds. The van der Waals surface area contributed by atoms with Gasteiger partial charge < -0.3 is 5.32 Å². The molecule has 0 aliphatic heterocycles. The van der Waals surface area contributed by atoms with Crippen molar-refractivity contribution in [2.75, 3.05) is 13.6 Å². The zero-order valence-corrected chi connectivity index (χ0v) is 13.0. The van der Waals surface area contributed by atoms with E-state index in [4.69, 9.17) is 0 Å². The first-order valence-electron chi connectivity index (χ1n) is 7.30. The molecule has 2 N–H and O–H groups in total. The highest BCUT2D eigenvalue weighted by Gasteiger charge is 2.21. The Labute approximate surface area is 122 Å². The van der Waals surface area contributed by atoms with Crippen LogP contribution in [-0.2, 0) is 10.0 Å². The van der Waals surface area contributed by atoms with Crippen LogP contribution in [0.2, 0.25) is 0 Å². The van der Waals surface area contributed by atoms with Gasteiger partial charge in [0.15, 0.2) is 0 Å². The van der Waals surface area contributed by atoms with Gasteiger partial charge in [-0.1, -0.05) is 25.0 Å². The van der Waals surface area contributed by atoms with Gasteiger partial charge in [0.05, 0.1) is 4.90 Å². The molecule has 2 rings (SSSR count). The van der Waals surface area contributed by atoms with Crippen LogP contribution in [0.4, 0.5) is 0 Å².